The van der Waals surface area contributed by atoms with Gasteiger partial charge in [0.05, 0.1) is 21.1 Å². The fourth-order valence-electron chi connectivity index (χ4n) is 2.27. The zero-order chi connectivity index (χ0) is 18.0. The number of amides is 1. The molecule has 2 aromatic carbocycles. The quantitative estimate of drug-likeness (QED) is 0.579. The molecule has 4 nitrogen and oxygen atoms in total. The molecule has 0 radical (unpaired) electrons. The lowest BCUT2D eigenvalue weighted by Gasteiger charge is -2.05. The average Bonchev–Trinajstić information content (AvgIpc) is 2.91. The summed E-state index contributed by atoms with van der Waals surface area (Å²) in [5, 5.41) is 8.22. The number of halogens is 3. The largest absolute Gasteiger partial charge is 0.304 e. The van der Waals surface area contributed by atoms with Gasteiger partial charge in [-0.15, -0.1) is 0 Å². The maximum Gasteiger partial charge on any atom is 0.256 e. The van der Waals surface area contributed by atoms with Crippen LogP contribution in [0, 0.1) is 6.92 Å². The second-order valence-corrected chi connectivity index (χ2v) is 7.26. The third-order valence-corrected chi connectivity index (χ3v) is 4.91. The van der Waals surface area contributed by atoms with Crippen molar-refractivity contribution >= 4 is 50.9 Å². The van der Waals surface area contributed by atoms with Gasteiger partial charge in [-0.25, -0.2) is 0 Å². The lowest BCUT2D eigenvalue weighted by molar-refractivity contribution is 0.102. The van der Waals surface area contributed by atoms with E-state index in [4.69, 9.17) is 23.2 Å². The smallest absolute Gasteiger partial charge is 0.256 e. The molecule has 3 rings (SSSR count). The van der Waals surface area contributed by atoms with Crippen LogP contribution in [0.15, 0.2) is 53.1 Å². The molecule has 0 saturated heterocycles. The molecule has 3 aromatic rings. The minimum absolute atomic E-state index is 0.208. The second kappa shape index (κ2) is 7.60. The number of rotatable bonds is 4. The molecule has 0 aliphatic heterocycles. The summed E-state index contributed by atoms with van der Waals surface area (Å²) in [5.41, 5.74) is 2.64. The normalized spacial score (nSPS) is 10.7. The van der Waals surface area contributed by atoms with E-state index < -0.39 is 0 Å². The van der Waals surface area contributed by atoms with Crippen LogP contribution in [-0.2, 0) is 6.54 Å². The second-order valence-electron chi connectivity index (χ2n) is 5.59. The Morgan fingerprint density at radius 1 is 1.16 bits per heavy atom. The summed E-state index contributed by atoms with van der Waals surface area (Å²) < 4.78 is 2.42. The molecule has 25 heavy (non-hydrogen) atoms. The lowest BCUT2D eigenvalue weighted by Crippen LogP contribution is -2.13. The van der Waals surface area contributed by atoms with Crippen LogP contribution in [0.25, 0.3) is 0 Å². The van der Waals surface area contributed by atoms with Gasteiger partial charge in [-0.2, -0.15) is 5.10 Å². The van der Waals surface area contributed by atoms with Crippen molar-refractivity contribution in [3.05, 3.63) is 79.9 Å². The highest BCUT2D eigenvalue weighted by Gasteiger charge is 2.12. The lowest BCUT2D eigenvalue weighted by atomic mass is 10.1. The summed E-state index contributed by atoms with van der Waals surface area (Å²) in [6.45, 7) is 2.48. The Hall–Kier alpha value is -1.82. The van der Waals surface area contributed by atoms with Crippen molar-refractivity contribution < 1.29 is 4.79 Å². The Balaban J connectivity index is 1.74. The van der Waals surface area contributed by atoms with Crippen molar-refractivity contribution in [1.82, 2.24) is 9.78 Å². The van der Waals surface area contributed by atoms with Crippen LogP contribution in [0.3, 0.4) is 0 Å². The number of nitrogens with zero attached hydrogens (tertiary/aromatic N) is 2. The number of hydrogen-bond donors (Lipinski definition) is 1. The monoisotopic (exact) mass is 437 g/mol. The molecule has 128 valence electrons. The van der Waals surface area contributed by atoms with Crippen LogP contribution >= 0.6 is 39.1 Å². The predicted molar refractivity (Wildman–Crippen MR) is 105 cm³/mol. The molecule has 0 aliphatic carbocycles. The van der Waals surface area contributed by atoms with Gasteiger partial charge < -0.3 is 5.32 Å². The number of anilines is 1. The fourth-order valence-corrected chi connectivity index (χ4v) is 3.01. The van der Waals surface area contributed by atoms with E-state index in [1.54, 1.807) is 35.1 Å². The zero-order valence-electron chi connectivity index (χ0n) is 13.3. The molecule has 1 N–H and O–H groups in total. The van der Waals surface area contributed by atoms with Gasteiger partial charge in [0.2, 0.25) is 0 Å². The molecule has 1 aromatic heterocycles. The SMILES string of the molecule is Cc1ccc(C(=O)Nc2nn(Cc3ccc(Cl)c(Cl)c3)cc2Br)cc1. The first kappa shape index (κ1) is 18.0. The maximum absolute atomic E-state index is 12.3. The van der Waals surface area contributed by atoms with Gasteiger partial charge in [-0.05, 0) is 52.7 Å². The Morgan fingerprint density at radius 3 is 2.56 bits per heavy atom. The molecule has 0 fully saturated rings. The van der Waals surface area contributed by atoms with E-state index in [9.17, 15) is 4.79 Å². The highest BCUT2D eigenvalue weighted by atomic mass is 79.9. The number of aryl methyl sites for hydroxylation is 1. The van der Waals surface area contributed by atoms with Crippen LogP contribution in [-0.4, -0.2) is 15.7 Å². The molecule has 0 atom stereocenters. The molecule has 0 unspecified atom stereocenters. The Labute approximate surface area is 163 Å². The summed E-state index contributed by atoms with van der Waals surface area (Å²) in [5.74, 6) is 0.256. The molecule has 0 aliphatic rings. The fraction of sp³-hybridized carbons (Fsp3) is 0.111. The van der Waals surface area contributed by atoms with Crippen LogP contribution < -0.4 is 5.32 Å². The first-order valence-corrected chi connectivity index (χ1v) is 9.02. The number of carbonyl (C=O) groups is 1. The third kappa shape index (κ3) is 4.42. The highest BCUT2D eigenvalue weighted by molar-refractivity contribution is 9.10. The minimum Gasteiger partial charge on any atom is -0.304 e. The molecule has 1 amide bonds. The molecular weight excluding hydrogens is 425 g/mol. The van der Waals surface area contributed by atoms with Crippen molar-refractivity contribution in [2.24, 2.45) is 0 Å². The van der Waals surface area contributed by atoms with Gasteiger partial charge in [-0.3, -0.25) is 9.48 Å². The topological polar surface area (TPSA) is 46.9 Å². The standard InChI is InChI=1S/C18H14BrCl2N3O/c1-11-2-5-13(6-3-11)18(25)22-17-14(19)10-24(23-17)9-12-4-7-15(20)16(21)8-12/h2-8,10H,9H2,1H3,(H,22,23,25). The van der Waals surface area contributed by atoms with E-state index >= 15 is 0 Å². The van der Waals surface area contributed by atoms with Crippen molar-refractivity contribution in [2.45, 2.75) is 13.5 Å². The van der Waals surface area contributed by atoms with Crippen molar-refractivity contribution in [3.8, 4) is 0 Å². The van der Waals surface area contributed by atoms with Crippen LogP contribution in [0.2, 0.25) is 10.0 Å². The van der Waals surface area contributed by atoms with Crippen LogP contribution in [0.4, 0.5) is 5.82 Å². The van der Waals surface area contributed by atoms with Gasteiger partial charge in [0, 0.05) is 11.8 Å². The highest BCUT2D eigenvalue weighted by Crippen LogP contribution is 2.25. The number of hydrogen-bond acceptors (Lipinski definition) is 2. The molecule has 0 bridgehead atoms. The predicted octanol–water partition coefficient (Wildman–Crippen LogP) is 5.56. The molecule has 0 saturated carbocycles. The Kier molecular flexibility index (Phi) is 5.47. The van der Waals surface area contributed by atoms with E-state index in [-0.39, 0.29) is 5.91 Å². The minimum atomic E-state index is -0.208. The van der Waals surface area contributed by atoms with E-state index in [1.165, 1.54) is 0 Å². The first-order chi connectivity index (χ1) is 11.9. The summed E-state index contributed by atoms with van der Waals surface area (Å²) in [4.78, 5) is 12.3. The van der Waals surface area contributed by atoms with Crippen LogP contribution in [0.1, 0.15) is 21.5 Å². The summed E-state index contributed by atoms with van der Waals surface area (Å²) in [7, 11) is 0. The summed E-state index contributed by atoms with van der Waals surface area (Å²) in [6.07, 6.45) is 1.80. The van der Waals surface area contributed by atoms with Gasteiger partial charge in [0.25, 0.3) is 5.91 Å². The Morgan fingerprint density at radius 2 is 1.88 bits per heavy atom. The van der Waals surface area contributed by atoms with E-state index in [0.29, 0.717) is 32.4 Å². The van der Waals surface area contributed by atoms with Gasteiger partial charge in [0.1, 0.15) is 0 Å². The number of nitrogens with one attached hydrogen (secondary N) is 1. The van der Waals surface area contributed by atoms with Crippen LogP contribution in [0.5, 0.6) is 0 Å². The molecule has 7 heteroatoms. The van der Waals surface area contributed by atoms with Crippen molar-refractivity contribution in [1.29, 1.82) is 0 Å². The van der Waals surface area contributed by atoms with Crippen molar-refractivity contribution in [3.63, 3.8) is 0 Å². The molecular formula is C18H14BrCl2N3O. The van der Waals surface area contributed by atoms with E-state index in [0.717, 1.165) is 11.1 Å². The van der Waals surface area contributed by atoms with E-state index in [1.807, 2.05) is 25.1 Å². The number of benzene rings is 2. The average molecular weight is 439 g/mol. The molecule has 0 spiro atoms. The maximum atomic E-state index is 12.3. The summed E-state index contributed by atoms with van der Waals surface area (Å²) >= 11 is 15.4. The zero-order valence-corrected chi connectivity index (χ0v) is 16.4. The number of carbonyl (C=O) groups excluding carboxylic acids is 1. The van der Waals surface area contributed by atoms with Gasteiger partial charge in [-0.1, -0.05) is 47.0 Å². The van der Waals surface area contributed by atoms with Crippen molar-refractivity contribution in [2.75, 3.05) is 5.32 Å². The Bertz CT molecular complexity index is 923. The van der Waals surface area contributed by atoms with Gasteiger partial charge >= 0.3 is 0 Å². The third-order valence-electron chi connectivity index (χ3n) is 3.59. The van der Waals surface area contributed by atoms with Gasteiger partial charge in [0.15, 0.2) is 5.82 Å². The summed E-state index contributed by atoms with van der Waals surface area (Å²) in [6, 6.07) is 12.8. The molecule has 1 heterocycles. The van der Waals surface area contributed by atoms with E-state index in [2.05, 4.69) is 26.3 Å². The number of aromatic nitrogens is 2. The first-order valence-electron chi connectivity index (χ1n) is 7.47.